The van der Waals surface area contributed by atoms with Crippen LogP contribution < -0.4 is 5.32 Å². The van der Waals surface area contributed by atoms with Crippen molar-refractivity contribution in [3.63, 3.8) is 0 Å². The number of aliphatic carboxylic acids is 1. The van der Waals surface area contributed by atoms with E-state index in [9.17, 15) is 18.4 Å². The van der Waals surface area contributed by atoms with Crippen molar-refractivity contribution >= 4 is 11.9 Å². The van der Waals surface area contributed by atoms with Gasteiger partial charge in [0, 0.05) is 11.6 Å². The minimum atomic E-state index is -1.09. The van der Waals surface area contributed by atoms with Crippen molar-refractivity contribution in [2.75, 3.05) is 0 Å². The fourth-order valence-corrected chi connectivity index (χ4v) is 3.20. The van der Waals surface area contributed by atoms with Crippen LogP contribution in [-0.4, -0.2) is 29.2 Å². The normalized spacial score (nSPS) is 25.7. The molecule has 7 heteroatoms. The van der Waals surface area contributed by atoms with Crippen molar-refractivity contribution in [3.8, 4) is 0 Å². The number of carboxylic acids is 1. The lowest BCUT2D eigenvalue weighted by Crippen LogP contribution is -2.54. The van der Waals surface area contributed by atoms with E-state index in [4.69, 9.17) is 9.84 Å². The van der Waals surface area contributed by atoms with Gasteiger partial charge in [-0.3, -0.25) is 4.79 Å². The molecule has 0 spiro atoms. The second-order valence-electron chi connectivity index (χ2n) is 6.08. The number of carboxylic acid groups (broad SMARTS) is 1. The number of hydrogen-bond acceptors (Lipinski definition) is 3. The SMILES string of the molecule is O=C(NC1(c2ccc(F)cc2F)CCC1)[C@@H]1CC[C@H](C(=O)O)O1. The van der Waals surface area contributed by atoms with Crippen molar-refractivity contribution in [2.24, 2.45) is 0 Å². The van der Waals surface area contributed by atoms with Crippen LogP contribution in [0.25, 0.3) is 0 Å². The third-order valence-corrected chi connectivity index (χ3v) is 4.60. The molecule has 5 nitrogen and oxygen atoms in total. The number of carbonyl (C=O) groups excluding carboxylic acids is 1. The summed E-state index contributed by atoms with van der Waals surface area (Å²) in [5.41, 5.74) is -0.606. The van der Waals surface area contributed by atoms with E-state index in [1.807, 2.05) is 0 Å². The molecule has 1 heterocycles. The van der Waals surface area contributed by atoms with E-state index in [1.165, 1.54) is 6.07 Å². The van der Waals surface area contributed by atoms with Crippen LogP contribution in [0, 0.1) is 11.6 Å². The average Bonchev–Trinajstić information content (AvgIpc) is 2.93. The molecule has 0 aromatic heterocycles. The summed E-state index contributed by atoms with van der Waals surface area (Å²) in [6.07, 6.45) is 0.672. The van der Waals surface area contributed by atoms with Crippen LogP contribution >= 0.6 is 0 Å². The average molecular weight is 325 g/mol. The Balaban J connectivity index is 1.74. The Hall–Kier alpha value is -2.02. The molecule has 1 saturated carbocycles. The number of nitrogens with one attached hydrogen (secondary N) is 1. The molecular weight excluding hydrogens is 308 g/mol. The van der Waals surface area contributed by atoms with Crippen LogP contribution in [0.3, 0.4) is 0 Å². The molecule has 1 aromatic rings. The number of carbonyl (C=O) groups is 2. The maximum absolute atomic E-state index is 14.1. The first-order chi connectivity index (χ1) is 10.9. The molecular formula is C16H17F2NO4. The highest BCUT2D eigenvalue weighted by atomic mass is 19.1. The van der Waals surface area contributed by atoms with Crippen molar-refractivity contribution in [1.82, 2.24) is 5.32 Å². The Labute approximate surface area is 131 Å². The van der Waals surface area contributed by atoms with Gasteiger partial charge in [0.15, 0.2) is 6.10 Å². The lowest BCUT2D eigenvalue weighted by molar-refractivity contribution is -0.152. The zero-order valence-electron chi connectivity index (χ0n) is 12.4. The number of amides is 1. The predicted molar refractivity (Wildman–Crippen MR) is 75.6 cm³/mol. The van der Waals surface area contributed by atoms with Gasteiger partial charge in [-0.1, -0.05) is 6.07 Å². The zero-order chi connectivity index (χ0) is 16.6. The second kappa shape index (κ2) is 5.88. The molecule has 1 saturated heterocycles. The minimum absolute atomic E-state index is 0.256. The van der Waals surface area contributed by atoms with Gasteiger partial charge in [-0.15, -0.1) is 0 Å². The maximum Gasteiger partial charge on any atom is 0.332 e. The van der Waals surface area contributed by atoms with Crippen LogP contribution in [0.15, 0.2) is 18.2 Å². The van der Waals surface area contributed by atoms with Crippen molar-refractivity contribution in [2.45, 2.75) is 49.9 Å². The van der Waals surface area contributed by atoms with E-state index in [-0.39, 0.29) is 12.0 Å². The first-order valence-electron chi connectivity index (χ1n) is 7.57. The second-order valence-corrected chi connectivity index (χ2v) is 6.08. The Bertz CT molecular complexity index is 645. The Morgan fingerprint density at radius 3 is 2.43 bits per heavy atom. The summed E-state index contributed by atoms with van der Waals surface area (Å²) in [5, 5.41) is 11.7. The summed E-state index contributed by atoms with van der Waals surface area (Å²) < 4.78 is 32.4. The van der Waals surface area contributed by atoms with Crippen LogP contribution in [0.2, 0.25) is 0 Å². The molecule has 3 rings (SSSR count). The summed E-state index contributed by atoms with van der Waals surface area (Å²) in [4.78, 5) is 23.2. The Kier molecular flexibility index (Phi) is 4.06. The Morgan fingerprint density at radius 2 is 1.91 bits per heavy atom. The smallest absolute Gasteiger partial charge is 0.332 e. The number of halogens is 2. The summed E-state index contributed by atoms with van der Waals surface area (Å²) >= 11 is 0. The first-order valence-corrected chi connectivity index (χ1v) is 7.57. The van der Waals surface area contributed by atoms with Gasteiger partial charge in [0.1, 0.15) is 17.7 Å². The predicted octanol–water partition coefficient (Wildman–Crippen LogP) is 2.09. The quantitative estimate of drug-likeness (QED) is 0.889. The van der Waals surface area contributed by atoms with Crippen molar-refractivity contribution in [3.05, 3.63) is 35.4 Å². The van der Waals surface area contributed by atoms with Crippen LogP contribution in [0.1, 0.15) is 37.7 Å². The van der Waals surface area contributed by atoms with E-state index in [1.54, 1.807) is 0 Å². The van der Waals surface area contributed by atoms with Crippen molar-refractivity contribution in [1.29, 1.82) is 0 Å². The molecule has 2 atom stereocenters. The molecule has 23 heavy (non-hydrogen) atoms. The summed E-state index contributed by atoms with van der Waals surface area (Å²) in [7, 11) is 0. The maximum atomic E-state index is 14.1. The molecule has 1 aromatic carbocycles. The summed E-state index contributed by atoms with van der Waals surface area (Å²) in [6.45, 7) is 0. The molecule has 0 unspecified atom stereocenters. The van der Waals surface area contributed by atoms with Gasteiger partial charge in [0.05, 0.1) is 5.54 Å². The Morgan fingerprint density at radius 1 is 1.22 bits per heavy atom. The third kappa shape index (κ3) is 2.93. The standard InChI is InChI=1S/C16H17F2NO4/c17-9-2-3-10(11(18)8-9)16(6-1-7-16)19-14(20)12-4-5-13(23-12)15(21)22/h2-3,8,12-13H,1,4-7H2,(H,19,20)(H,21,22)/t12-,13+/m0/s1. The van der Waals surface area contributed by atoms with E-state index in [2.05, 4.69) is 5.32 Å². The number of ether oxygens (including phenoxy) is 1. The van der Waals surface area contributed by atoms with Crippen LogP contribution in [-0.2, 0) is 19.9 Å². The third-order valence-electron chi connectivity index (χ3n) is 4.60. The molecule has 0 radical (unpaired) electrons. The molecule has 2 N–H and O–H groups in total. The topological polar surface area (TPSA) is 75.6 Å². The lowest BCUT2D eigenvalue weighted by atomic mass is 9.71. The van der Waals surface area contributed by atoms with E-state index < -0.39 is 41.3 Å². The fourth-order valence-electron chi connectivity index (χ4n) is 3.20. The van der Waals surface area contributed by atoms with Gasteiger partial charge in [-0.25, -0.2) is 13.6 Å². The lowest BCUT2D eigenvalue weighted by Gasteiger charge is -2.43. The van der Waals surface area contributed by atoms with Gasteiger partial charge in [-0.05, 0) is 38.2 Å². The fraction of sp³-hybridized carbons (Fsp3) is 0.500. The number of rotatable bonds is 4. The van der Waals surface area contributed by atoms with Gasteiger partial charge in [0.25, 0.3) is 0 Å². The molecule has 1 aliphatic heterocycles. The largest absolute Gasteiger partial charge is 0.479 e. The van der Waals surface area contributed by atoms with Gasteiger partial charge < -0.3 is 15.2 Å². The highest BCUT2D eigenvalue weighted by Crippen LogP contribution is 2.42. The van der Waals surface area contributed by atoms with E-state index in [0.717, 1.165) is 18.6 Å². The molecule has 1 aliphatic carbocycles. The van der Waals surface area contributed by atoms with Crippen LogP contribution in [0.4, 0.5) is 8.78 Å². The number of benzene rings is 1. The van der Waals surface area contributed by atoms with Gasteiger partial charge in [-0.2, -0.15) is 0 Å². The first kappa shape index (κ1) is 15.9. The van der Waals surface area contributed by atoms with E-state index >= 15 is 0 Å². The minimum Gasteiger partial charge on any atom is -0.479 e. The zero-order valence-corrected chi connectivity index (χ0v) is 12.4. The van der Waals surface area contributed by atoms with Gasteiger partial charge >= 0.3 is 5.97 Å². The van der Waals surface area contributed by atoms with Gasteiger partial charge in [0.2, 0.25) is 5.91 Å². The van der Waals surface area contributed by atoms with Crippen LogP contribution in [0.5, 0.6) is 0 Å². The highest BCUT2D eigenvalue weighted by molar-refractivity contribution is 5.83. The monoisotopic (exact) mass is 325 g/mol. The molecule has 2 aliphatic rings. The number of hydrogen-bond donors (Lipinski definition) is 2. The molecule has 0 bridgehead atoms. The summed E-state index contributed by atoms with van der Waals surface area (Å²) in [5.74, 6) is -2.91. The molecule has 1 amide bonds. The highest BCUT2D eigenvalue weighted by Gasteiger charge is 2.44. The molecule has 2 fully saturated rings. The van der Waals surface area contributed by atoms with Crippen molar-refractivity contribution < 1.29 is 28.2 Å². The summed E-state index contributed by atoms with van der Waals surface area (Å²) in [6, 6.07) is 3.31. The van der Waals surface area contributed by atoms with E-state index in [0.29, 0.717) is 19.3 Å². The molecule has 124 valence electrons.